The quantitative estimate of drug-likeness (QED) is 0.798. The summed E-state index contributed by atoms with van der Waals surface area (Å²) in [6.45, 7) is 9.75. The predicted octanol–water partition coefficient (Wildman–Crippen LogP) is 2.57. The summed E-state index contributed by atoms with van der Waals surface area (Å²) in [5.41, 5.74) is 4.22. The van der Waals surface area contributed by atoms with Crippen molar-refractivity contribution in [3.05, 3.63) is 28.8 Å². The molecular formula is C16H26N2O. The molecule has 1 aromatic rings. The summed E-state index contributed by atoms with van der Waals surface area (Å²) >= 11 is 0. The number of benzene rings is 1. The second kappa shape index (κ2) is 6.92. The van der Waals surface area contributed by atoms with Crippen LogP contribution in [0.2, 0.25) is 0 Å². The standard InChI is InChI=1S/C16H26N2O/c1-4-7-17-11-14-9-13-6-8-18(5-2)12-15(13)10-16(14)19-3/h9-10,17H,4-8,11-12H2,1-3H3. The fourth-order valence-corrected chi connectivity index (χ4v) is 2.69. The second-order valence-corrected chi connectivity index (χ2v) is 5.23. The summed E-state index contributed by atoms with van der Waals surface area (Å²) < 4.78 is 5.55. The first-order valence-corrected chi connectivity index (χ1v) is 7.40. The van der Waals surface area contributed by atoms with Crippen LogP contribution < -0.4 is 10.1 Å². The van der Waals surface area contributed by atoms with Gasteiger partial charge in [-0.2, -0.15) is 0 Å². The van der Waals surface area contributed by atoms with E-state index in [1.54, 1.807) is 7.11 Å². The van der Waals surface area contributed by atoms with E-state index in [2.05, 4.69) is 36.2 Å². The van der Waals surface area contributed by atoms with Crippen LogP contribution in [0, 0.1) is 0 Å². The van der Waals surface area contributed by atoms with Gasteiger partial charge in [0.2, 0.25) is 0 Å². The van der Waals surface area contributed by atoms with E-state index in [1.807, 2.05) is 0 Å². The summed E-state index contributed by atoms with van der Waals surface area (Å²) in [5, 5.41) is 3.46. The van der Waals surface area contributed by atoms with E-state index in [4.69, 9.17) is 4.74 Å². The molecule has 1 aromatic carbocycles. The highest BCUT2D eigenvalue weighted by molar-refractivity contribution is 5.43. The van der Waals surface area contributed by atoms with Crippen molar-refractivity contribution in [2.75, 3.05) is 26.7 Å². The van der Waals surface area contributed by atoms with Crippen LogP contribution in [-0.4, -0.2) is 31.6 Å². The van der Waals surface area contributed by atoms with Gasteiger partial charge in [-0.1, -0.05) is 19.9 Å². The van der Waals surface area contributed by atoms with E-state index in [9.17, 15) is 0 Å². The third-order valence-corrected chi connectivity index (χ3v) is 3.88. The van der Waals surface area contributed by atoms with E-state index in [0.29, 0.717) is 0 Å². The summed E-state index contributed by atoms with van der Waals surface area (Å²) in [4.78, 5) is 2.48. The van der Waals surface area contributed by atoms with Gasteiger partial charge in [-0.15, -0.1) is 0 Å². The van der Waals surface area contributed by atoms with Gasteiger partial charge < -0.3 is 10.1 Å². The monoisotopic (exact) mass is 262 g/mol. The minimum absolute atomic E-state index is 0.905. The highest BCUT2D eigenvalue weighted by Gasteiger charge is 2.17. The topological polar surface area (TPSA) is 24.5 Å². The van der Waals surface area contributed by atoms with Gasteiger partial charge in [-0.3, -0.25) is 4.90 Å². The summed E-state index contributed by atoms with van der Waals surface area (Å²) in [5.74, 6) is 1.03. The molecule has 0 unspecified atom stereocenters. The van der Waals surface area contributed by atoms with Crippen molar-refractivity contribution in [2.45, 2.75) is 39.8 Å². The van der Waals surface area contributed by atoms with Crippen LogP contribution in [0.15, 0.2) is 12.1 Å². The number of nitrogens with one attached hydrogen (secondary N) is 1. The molecule has 3 nitrogen and oxygen atoms in total. The van der Waals surface area contributed by atoms with E-state index in [0.717, 1.165) is 38.3 Å². The third kappa shape index (κ3) is 3.48. The minimum atomic E-state index is 0.905. The van der Waals surface area contributed by atoms with Crippen molar-refractivity contribution in [3.63, 3.8) is 0 Å². The van der Waals surface area contributed by atoms with Crippen molar-refractivity contribution in [2.24, 2.45) is 0 Å². The predicted molar refractivity (Wildman–Crippen MR) is 79.6 cm³/mol. The van der Waals surface area contributed by atoms with Crippen molar-refractivity contribution < 1.29 is 4.74 Å². The molecule has 0 aromatic heterocycles. The van der Waals surface area contributed by atoms with Gasteiger partial charge >= 0.3 is 0 Å². The summed E-state index contributed by atoms with van der Waals surface area (Å²) in [6.07, 6.45) is 2.33. The summed E-state index contributed by atoms with van der Waals surface area (Å²) in [6, 6.07) is 4.57. The Bertz CT molecular complexity index is 417. The fourth-order valence-electron chi connectivity index (χ4n) is 2.69. The summed E-state index contributed by atoms with van der Waals surface area (Å²) in [7, 11) is 1.77. The van der Waals surface area contributed by atoms with Crippen LogP contribution >= 0.6 is 0 Å². The highest BCUT2D eigenvalue weighted by atomic mass is 16.5. The van der Waals surface area contributed by atoms with E-state index in [1.165, 1.54) is 29.7 Å². The number of hydrogen-bond acceptors (Lipinski definition) is 3. The first-order valence-electron chi connectivity index (χ1n) is 7.40. The largest absolute Gasteiger partial charge is 0.496 e. The molecule has 106 valence electrons. The van der Waals surface area contributed by atoms with Crippen molar-refractivity contribution in [1.82, 2.24) is 10.2 Å². The minimum Gasteiger partial charge on any atom is -0.496 e. The van der Waals surface area contributed by atoms with Gasteiger partial charge in [0.05, 0.1) is 7.11 Å². The number of fused-ring (bicyclic) bond motifs is 1. The molecule has 0 radical (unpaired) electrons. The molecule has 0 bridgehead atoms. The van der Waals surface area contributed by atoms with Gasteiger partial charge in [0.25, 0.3) is 0 Å². The maximum Gasteiger partial charge on any atom is 0.123 e. The molecular weight excluding hydrogens is 236 g/mol. The number of ether oxygens (including phenoxy) is 1. The smallest absolute Gasteiger partial charge is 0.123 e. The molecule has 2 rings (SSSR count). The molecule has 0 amide bonds. The molecule has 1 N–H and O–H groups in total. The zero-order valence-corrected chi connectivity index (χ0v) is 12.5. The molecule has 0 spiro atoms. The average Bonchev–Trinajstić information content (AvgIpc) is 2.46. The maximum atomic E-state index is 5.55. The van der Waals surface area contributed by atoms with E-state index < -0.39 is 0 Å². The Balaban J connectivity index is 2.17. The Morgan fingerprint density at radius 1 is 1.26 bits per heavy atom. The molecule has 0 atom stereocenters. The van der Waals surface area contributed by atoms with Gasteiger partial charge in [0.15, 0.2) is 0 Å². The Kier molecular flexibility index (Phi) is 5.23. The SMILES string of the molecule is CCCNCc1cc2c(cc1OC)CN(CC)CC2. The van der Waals surface area contributed by atoms with Gasteiger partial charge in [0, 0.05) is 25.2 Å². The lowest BCUT2D eigenvalue weighted by atomic mass is 9.96. The zero-order chi connectivity index (χ0) is 13.7. The van der Waals surface area contributed by atoms with Crippen LogP contribution in [0.1, 0.15) is 37.0 Å². The Morgan fingerprint density at radius 2 is 2.11 bits per heavy atom. The van der Waals surface area contributed by atoms with Crippen molar-refractivity contribution >= 4 is 0 Å². The fraction of sp³-hybridized carbons (Fsp3) is 0.625. The molecule has 19 heavy (non-hydrogen) atoms. The average molecular weight is 262 g/mol. The zero-order valence-electron chi connectivity index (χ0n) is 12.5. The number of nitrogens with zero attached hydrogens (tertiary/aromatic N) is 1. The van der Waals surface area contributed by atoms with Crippen molar-refractivity contribution in [1.29, 1.82) is 0 Å². The van der Waals surface area contributed by atoms with Crippen LogP contribution in [-0.2, 0) is 19.5 Å². The van der Waals surface area contributed by atoms with Crippen LogP contribution in [0.3, 0.4) is 0 Å². The molecule has 3 heteroatoms. The number of rotatable bonds is 6. The van der Waals surface area contributed by atoms with E-state index >= 15 is 0 Å². The third-order valence-electron chi connectivity index (χ3n) is 3.88. The molecule has 0 saturated carbocycles. The Labute approximate surface area is 116 Å². The van der Waals surface area contributed by atoms with Crippen molar-refractivity contribution in [3.8, 4) is 5.75 Å². The first kappa shape index (κ1) is 14.4. The molecule has 1 aliphatic rings. The van der Waals surface area contributed by atoms with E-state index in [-0.39, 0.29) is 0 Å². The number of methoxy groups -OCH3 is 1. The maximum absolute atomic E-state index is 5.55. The lowest BCUT2D eigenvalue weighted by Gasteiger charge is -2.28. The normalized spacial score (nSPS) is 15.3. The van der Waals surface area contributed by atoms with Crippen LogP contribution in [0.5, 0.6) is 5.75 Å². The molecule has 1 aliphatic heterocycles. The van der Waals surface area contributed by atoms with Crippen LogP contribution in [0.4, 0.5) is 0 Å². The van der Waals surface area contributed by atoms with Gasteiger partial charge in [-0.25, -0.2) is 0 Å². The lowest BCUT2D eigenvalue weighted by Crippen LogP contribution is -2.30. The lowest BCUT2D eigenvalue weighted by molar-refractivity contribution is 0.267. The van der Waals surface area contributed by atoms with Gasteiger partial charge in [0.1, 0.15) is 5.75 Å². The molecule has 0 saturated heterocycles. The Hall–Kier alpha value is -1.06. The van der Waals surface area contributed by atoms with Gasteiger partial charge in [-0.05, 0) is 43.1 Å². The number of hydrogen-bond donors (Lipinski definition) is 1. The highest BCUT2D eigenvalue weighted by Crippen LogP contribution is 2.27. The molecule has 0 aliphatic carbocycles. The second-order valence-electron chi connectivity index (χ2n) is 5.23. The van der Waals surface area contributed by atoms with Crippen LogP contribution in [0.25, 0.3) is 0 Å². The first-order chi connectivity index (χ1) is 9.28. The number of likely N-dealkylation sites (N-methyl/N-ethyl adjacent to an activating group) is 1. The molecule has 1 heterocycles. The molecule has 0 fully saturated rings. The Morgan fingerprint density at radius 3 is 2.79 bits per heavy atom.